The van der Waals surface area contributed by atoms with Crippen molar-refractivity contribution in [1.29, 1.82) is 0 Å². The van der Waals surface area contributed by atoms with Crippen LogP contribution in [0, 0.1) is 0 Å². The maximum atomic E-state index is 5.43. The Morgan fingerprint density at radius 1 is 1.67 bits per heavy atom. The molecule has 0 bridgehead atoms. The lowest BCUT2D eigenvalue weighted by atomic mass is 10.6. The lowest BCUT2D eigenvalue weighted by Gasteiger charge is -2.16. The first-order chi connectivity index (χ1) is 4.18. The molecule has 0 heterocycles. The molecule has 0 amide bonds. The van der Waals surface area contributed by atoms with Crippen LogP contribution >= 0.6 is 11.6 Å². The van der Waals surface area contributed by atoms with Crippen LogP contribution in [0.25, 0.3) is 0 Å². The van der Waals surface area contributed by atoms with Crippen molar-refractivity contribution in [1.82, 2.24) is 10.2 Å². The molecule has 2 nitrogen and oxygen atoms in total. The Hall–Kier alpha value is -0.370. The number of nitrogens with zero attached hydrogens (tertiary/aromatic N) is 1. The maximum Gasteiger partial charge on any atom is 0.0933 e. The number of alkyl halides is 1. The molecule has 0 radical (unpaired) electrons. The summed E-state index contributed by atoms with van der Waals surface area (Å²) in [6, 6.07) is 0. The van der Waals surface area contributed by atoms with Gasteiger partial charge in [-0.25, -0.2) is 0 Å². The smallest absolute Gasteiger partial charge is 0.0933 e. The van der Waals surface area contributed by atoms with E-state index in [4.69, 9.17) is 11.6 Å². The van der Waals surface area contributed by atoms with Gasteiger partial charge in [-0.05, 0) is 0 Å². The highest BCUT2D eigenvalue weighted by Crippen LogP contribution is 1.86. The summed E-state index contributed by atoms with van der Waals surface area (Å²) in [5, 5.41) is 3.03. The standard InChI is InChI=1S/C6H13ClN2/c1-6(9(2)3)8-5-4-7/h8H,1,4-5H2,2-3H3. The van der Waals surface area contributed by atoms with E-state index in [9.17, 15) is 0 Å². The molecule has 0 aromatic heterocycles. The van der Waals surface area contributed by atoms with Gasteiger partial charge in [-0.15, -0.1) is 11.6 Å². The maximum absolute atomic E-state index is 5.43. The van der Waals surface area contributed by atoms with Crippen LogP contribution in [0.15, 0.2) is 12.4 Å². The van der Waals surface area contributed by atoms with Crippen molar-refractivity contribution in [2.75, 3.05) is 26.5 Å². The molecule has 0 fully saturated rings. The average molecular weight is 149 g/mol. The molecular formula is C6H13ClN2. The largest absolute Gasteiger partial charge is 0.371 e. The summed E-state index contributed by atoms with van der Waals surface area (Å²) in [5.41, 5.74) is 0. The predicted octanol–water partition coefficient (Wildman–Crippen LogP) is 0.848. The van der Waals surface area contributed by atoms with E-state index in [0.29, 0.717) is 5.88 Å². The van der Waals surface area contributed by atoms with Gasteiger partial charge in [-0.2, -0.15) is 0 Å². The first kappa shape index (κ1) is 8.63. The summed E-state index contributed by atoms with van der Waals surface area (Å²) in [7, 11) is 3.87. The average Bonchev–Trinajstić information content (AvgIpc) is 1.82. The second-order valence-electron chi connectivity index (χ2n) is 1.96. The molecule has 0 aromatic rings. The van der Waals surface area contributed by atoms with Crippen LogP contribution in [-0.2, 0) is 0 Å². The summed E-state index contributed by atoms with van der Waals surface area (Å²) >= 11 is 5.43. The van der Waals surface area contributed by atoms with Gasteiger partial charge >= 0.3 is 0 Å². The van der Waals surface area contributed by atoms with Gasteiger partial charge in [0.1, 0.15) is 0 Å². The number of halogens is 1. The summed E-state index contributed by atoms with van der Waals surface area (Å²) in [6.07, 6.45) is 0. The summed E-state index contributed by atoms with van der Waals surface area (Å²) in [6.45, 7) is 4.52. The quantitative estimate of drug-likeness (QED) is 0.595. The molecule has 9 heavy (non-hydrogen) atoms. The molecule has 3 heteroatoms. The lowest BCUT2D eigenvalue weighted by molar-refractivity contribution is 0.468. The van der Waals surface area contributed by atoms with Crippen LogP contribution in [-0.4, -0.2) is 31.4 Å². The normalized spacial score (nSPS) is 8.78. The third-order valence-electron chi connectivity index (χ3n) is 0.963. The number of rotatable bonds is 4. The van der Waals surface area contributed by atoms with Gasteiger partial charge in [0.05, 0.1) is 5.82 Å². The SMILES string of the molecule is C=C(NCCCl)N(C)C. The first-order valence-electron chi connectivity index (χ1n) is 2.84. The molecule has 0 aliphatic rings. The fraction of sp³-hybridized carbons (Fsp3) is 0.667. The fourth-order valence-corrected chi connectivity index (χ4v) is 0.444. The summed E-state index contributed by atoms with van der Waals surface area (Å²) in [4.78, 5) is 1.91. The van der Waals surface area contributed by atoms with Gasteiger partial charge in [-0.1, -0.05) is 6.58 Å². The molecular weight excluding hydrogens is 136 g/mol. The molecule has 54 valence electrons. The minimum atomic E-state index is 0.618. The van der Waals surface area contributed by atoms with Gasteiger partial charge in [0, 0.05) is 26.5 Å². The Morgan fingerprint density at radius 3 is 2.56 bits per heavy atom. The molecule has 0 aliphatic heterocycles. The van der Waals surface area contributed by atoms with E-state index in [1.165, 1.54) is 0 Å². The van der Waals surface area contributed by atoms with Crippen LogP contribution in [0.3, 0.4) is 0 Å². The molecule has 0 atom stereocenters. The van der Waals surface area contributed by atoms with E-state index in [1.807, 2.05) is 19.0 Å². The Morgan fingerprint density at radius 2 is 2.22 bits per heavy atom. The van der Waals surface area contributed by atoms with Gasteiger partial charge in [0.25, 0.3) is 0 Å². The van der Waals surface area contributed by atoms with E-state index in [1.54, 1.807) is 0 Å². The number of nitrogens with one attached hydrogen (secondary N) is 1. The monoisotopic (exact) mass is 148 g/mol. The Labute approximate surface area is 61.5 Å². The Kier molecular flexibility index (Phi) is 4.32. The lowest BCUT2D eigenvalue weighted by Crippen LogP contribution is -2.25. The number of hydrogen-bond donors (Lipinski definition) is 1. The fourth-order valence-electron chi connectivity index (χ4n) is 0.350. The highest BCUT2D eigenvalue weighted by Gasteiger charge is 1.90. The van der Waals surface area contributed by atoms with E-state index in [-0.39, 0.29) is 0 Å². The minimum Gasteiger partial charge on any atom is -0.371 e. The van der Waals surface area contributed by atoms with E-state index >= 15 is 0 Å². The molecule has 0 aromatic carbocycles. The molecule has 0 saturated carbocycles. The molecule has 0 spiro atoms. The van der Waals surface area contributed by atoms with Crippen molar-refractivity contribution in [2.24, 2.45) is 0 Å². The summed E-state index contributed by atoms with van der Waals surface area (Å²) < 4.78 is 0. The zero-order chi connectivity index (χ0) is 7.28. The van der Waals surface area contributed by atoms with Crippen molar-refractivity contribution in [3.63, 3.8) is 0 Å². The molecule has 0 aliphatic carbocycles. The van der Waals surface area contributed by atoms with Gasteiger partial charge in [0.15, 0.2) is 0 Å². The first-order valence-corrected chi connectivity index (χ1v) is 3.38. The highest BCUT2D eigenvalue weighted by molar-refractivity contribution is 6.18. The predicted molar refractivity (Wildman–Crippen MR) is 41.5 cm³/mol. The number of hydrogen-bond acceptors (Lipinski definition) is 2. The van der Waals surface area contributed by atoms with Crippen LogP contribution < -0.4 is 5.32 Å². The summed E-state index contributed by atoms with van der Waals surface area (Å²) in [5.74, 6) is 1.52. The third kappa shape index (κ3) is 4.15. The molecule has 1 N–H and O–H groups in total. The third-order valence-corrected chi connectivity index (χ3v) is 1.15. The van der Waals surface area contributed by atoms with Crippen LogP contribution in [0.4, 0.5) is 0 Å². The van der Waals surface area contributed by atoms with Gasteiger partial charge in [-0.3, -0.25) is 0 Å². The molecule has 0 saturated heterocycles. The minimum absolute atomic E-state index is 0.618. The van der Waals surface area contributed by atoms with Crippen molar-refractivity contribution < 1.29 is 0 Å². The Balaban J connectivity index is 3.28. The van der Waals surface area contributed by atoms with Crippen molar-refractivity contribution in [3.05, 3.63) is 12.4 Å². The van der Waals surface area contributed by atoms with E-state index in [2.05, 4.69) is 11.9 Å². The Bertz CT molecular complexity index is 91.1. The second kappa shape index (κ2) is 4.50. The van der Waals surface area contributed by atoms with Crippen LogP contribution in [0.2, 0.25) is 0 Å². The van der Waals surface area contributed by atoms with Crippen LogP contribution in [0.1, 0.15) is 0 Å². The zero-order valence-corrected chi connectivity index (χ0v) is 6.70. The highest BCUT2D eigenvalue weighted by atomic mass is 35.5. The van der Waals surface area contributed by atoms with Crippen molar-refractivity contribution >= 4 is 11.6 Å². The van der Waals surface area contributed by atoms with Crippen LogP contribution in [0.5, 0.6) is 0 Å². The molecule has 0 rings (SSSR count). The van der Waals surface area contributed by atoms with Crippen molar-refractivity contribution in [3.8, 4) is 0 Å². The van der Waals surface area contributed by atoms with E-state index < -0.39 is 0 Å². The van der Waals surface area contributed by atoms with Gasteiger partial charge in [0.2, 0.25) is 0 Å². The topological polar surface area (TPSA) is 15.3 Å². The van der Waals surface area contributed by atoms with E-state index in [0.717, 1.165) is 12.4 Å². The zero-order valence-electron chi connectivity index (χ0n) is 5.95. The molecule has 0 unspecified atom stereocenters. The second-order valence-corrected chi connectivity index (χ2v) is 2.33. The van der Waals surface area contributed by atoms with Gasteiger partial charge < -0.3 is 10.2 Å². The van der Waals surface area contributed by atoms with Crippen molar-refractivity contribution in [2.45, 2.75) is 0 Å².